The highest BCUT2D eigenvalue weighted by molar-refractivity contribution is 6.07. The van der Waals surface area contributed by atoms with Gasteiger partial charge in [-0.1, -0.05) is 30.3 Å². The molecule has 2 heteroatoms. The van der Waals surface area contributed by atoms with E-state index in [4.69, 9.17) is 0 Å². The lowest BCUT2D eigenvalue weighted by Gasteiger charge is -2.28. The molecule has 0 heterocycles. The number of hydrogen-bond donors (Lipinski definition) is 0. The lowest BCUT2D eigenvalue weighted by molar-refractivity contribution is -0.138. The van der Waals surface area contributed by atoms with Crippen LogP contribution in [0.15, 0.2) is 36.9 Å². The van der Waals surface area contributed by atoms with E-state index in [1.807, 2.05) is 24.3 Å². The van der Waals surface area contributed by atoms with Crippen LogP contribution < -0.4 is 0 Å². The predicted molar refractivity (Wildman–Crippen MR) is 66.9 cm³/mol. The zero-order valence-corrected chi connectivity index (χ0v) is 10.2. The smallest absolute Gasteiger partial charge is 0.144 e. The van der Waals surface area contributed by atoms with Gasteiger partial charge in [-0.15, -0.1) is 6.58 Å². The van der Waals surface area contributed by atoms with Gasteiger partial charge in [0.05, 0.1) is 0 Å². The molecule has 1 aromatic rings. The molecule has 1 aromatic carbocycles. The first kappa shape index (κ1) is 11.8. The number of allylic oxidation sites excluding steroid dienone is 1. The standard InChI is InChI=1S/C15H16O2/c1-4-14-13-8-6-5-7-12(13)9-15(14,10(2)16)11(3)17/h4-8,14H,1,9H2,2-3H3. The second-order valence-corrected chi connectivity index (χ2v) is 4.67. The Morgan fingerprint density at radius 1 is 1.29 bits per heavy atom. The van der Waals surface area contributed by atoms with Crippen LogP contribution in [0.3, 0.4) is 0 Å². The maximum atomic E-state index is 12.0. The van der Waals surface area contributed by atoms with E-state index in [1.54, 1.807) is 6.08 Å². The number of carbonyl (C=O) groups is 2. The third-order valence-corrected chi connectivity index (χ3v) is 3.88. The predicted octanol–water partition coefficient (Wildman–Crippen LogP) is 2.68. The summed E-state index contributed by atoms with van der Waals surface area (Å²) in [6.45, 7) is 6.80. The molecule has 0 spiro atoms. The summed E-state index contributed by atoms with van der Waals surface area (Å²) in [7, 11) is 0. The molecule has 1 unspecified atom stereocenters. The Hall–Kier alpha value is -1.70. The molecule has 1 atom stereocenters. The van der Waals surface area contributed by atoms with Crippen molar-refractivity contribution < 1.29 is 9.59 Å². The van der Waals surface area contributed by atoms with Gasteiger partial charge in [-0.3, -0.25) is 9.59 Å². The molecular formula is C15H16O2. The molecule has 0 bridgehead atoms. The molecule has 0 amide bonds. The highest BCUT2D eigenvalue weighted by Gasteiger charge is 2.51. The Balaban J connectivity index is 2.64. The van der Waals surface area contributed by atoms with Crippen molar-refractivity contribution in [2.24, 2.45) is 5.41 Å². The number of fused-ring (bicyclic) bond motifs is 1. The monoisotopic (exact) mass is 228 g/mol. The first-order chi connectivity index (χ1) is 8.04. The molecule has 2 rings (SSSR count). The highest BCUT2D eigenvalue weighted by atomic mass is 16.2. The molecule has 1 aliphatic rings. The Morgan fingerprint density at radius 3 is 2.41 bits per heavy atom. The fourth-order valence-corrected chi connectivity index (χ4v) is 2.94. The van der Waals surface area contributed by atoms with Crippen LogP contribution in [0.4, 0.5) is 0 Å². The van der Waals surface area contributed by atoms with Gasteiger partial charge < -0.3 is 0 Å². The number of rotatable bonds is 3. The minimum Gasteiger partial charge on any atom is -0.299 e. The number of hydrogen-bond acceptors (Lipinski definition) is 2. The summed E-state index contributed by atoms with van der Waals surface area (Å²) in [6.07, 6.45) is 2.24. The third kappa shape index (κ3) is 1.47. The van der Waals surface area contributed by atoms with Gasteiger partial charge >= 0.3 is 0 Å². The molecule has 0 N–H and O–H groups in total. The second kappa shape index (κ2) is 3.95. The zero-order chi connectivity index (χ0) is 12.6. The second-order valence-electron chi connectivity index (χ2n) is 4.67. The molecule has 17 heavy (non-hydrogen) atoms. The van der Waals surface area contributed by atoms with Crippen LogP contribution in [0.2, 0.25) is 0 Å². The van der Waals surface area contributed by atoms with Gasteiger partial charge in [-0.25, -0.2) is 0 Å². The summed E-state index contributed by atoms with van der Waals surface area (Å²) in [6, 6.07) is 7.84. The van der Waals surface area contributed by atoms with Gasteiger partial charge in [0.1, 0.15) is 17.0 Å². The lowest BCUT2D eigenvalue weighted by atomic mass is 9.70. The van der Waals surface area contributed by atoms with Crippen LogP contribution in [-0.2, 0) is 16.0 Å². The number of carbonyl (C=O) groups excluding carboxylic acids is 2. The van der Waals surface area contributed by atoms with E-state index >= 15 is 0 Å². The van der Waals surface area contributed by atoms with Gasteiger partial charge in [0, 0.05) is 5.92 Å². The molecule has 0 aromatic heterocycles. The SMILES string of the molecule is C=CC1c2ccccc2CC1(C(C)=O)C(C)=O. The Morgan fingerprint density at radius 2 is 1.88 bits per heavy atom. The van der Waals surface area contributed by atoms with E-state index in [1.165, 1.54) is 13.8 Å². The molecule has 0 aliphatic heterocycles. The van der Waals surface area contributed by atoms with Crippen molar-refractivity contribution in [1.29, 1.82) is 0 Å². The maximum Gasteiger partial charge on any atom is 0.144 e. The van der Waals surface area contributed by atoms with Crippen molar-refractivity contribution in [1.82, 2.24) is 0 Å². The number of Topliss-reactive ketones (excluding diaryl/α,β-unsaturated/α-hetero) is 2. The van der Waals surface area contributed by atoms with E-state index in [0.29, 0.717) is 6.42 Å². The summed E-state index contributed by atoms with van der Waals surface area (Å²) in [4.78, 5) is 24.0. The molecule has 0 fully saturated rings. The van der Waals surface area contributed by atoms with E-state index < -0.39 is 5.41 Å². The Kier molecular flexibility index (Phi) is 2.74. The molecule has 1 aliphatic carbocycles. The van der Waals surface area contributed by atoms with E-state index in [2.05, 4.69) is 6.58 Å². The summed E-state index contributed by atoms with van der Waals surface area (Å²) in [5.74, 6) is -0.314. The van der Waals surface area contributed by atoms with E-state index in [-0.39, 0.29) is 17.5 Å². The summed E-state index contributed by atoms with van der Waals surface area (Å²) in [5.41, 5.74) is 1.22. The van der Waals surface area contributed by atoms with Crippen LogP contribution in [0.25, 0.3) is 0 Å². The van der Waals surface area contributed by atoms with Crippen molar-refractivity contribution in [3.63, 3.8) is 0 Å². The first-order valence-electron chi connectivity index (χ1n) is 5.76. The average Bonchev–Trinajstić information content (AvgIpc) is 2.64. The lowest BCUT2D eigenvalue weighted by Crippen LogP contribution is -2.39. The van der Waals surface area contributed by atoms with Crippen LogP contribution >= 0.6 is 0 Å². The van der Waals surface area contributed by atoms with Gasteiger partial charge in [0.25, 0.3) is 0 Å². The summed E-state index contributed by atoms with van der Waals surface area (Å²) >= 11 is 0. The Labute approximate surface area is 101 Å². The van der Waals surface area contributed by atoms with Crippen molar-refractivity contribution >= 4 is 11.6 Å². The highest BCUT2D eigenvalue weighted by Crippen LogP contribution is 2.49. The third-order valence-electron chi connectivity index (χ3n) is 3.88. The van der Waals surface area contributed by atoms with Gasteiger partial charge in [0.15, 0.2) is 0 Å². The maximum absolute atomic E-state index is 12.0. The topological polar surface area (TPSA) is 34.1 Å². The largest absolute Gasteiger partial charge is 0.299 e. The normalized spacial score (nSPS) is 20.7. The van der Waals surface area contributed by atoms with E-state index in [0.717, 1.165) is 11.1 Å². The fourth-order valence-electron chi connectivity index (χ4n) is 2.94. The van der Waals surface area contributed by atoms with Crippen LogP contribution in [0.5, 0.6) is 0 Å². The van der Waals surface area contributed by atoms with Gasteiger partial charge in [-0.05, 0) is 31.4 Å². The van der Waals surface area contributed by atoms with E-state index in [9.17, 15) is 9.59 Å². The minimum atomic E-state index is -0.925. The molecule has 0 saturated heterocycles. The quantitative estimate of drug-likeness (QED) is 0.588. The molecular weight excluding hydrogens is 212 g/mol. The zero-order valence-electron chi connectivity index (χ0n) is 10.2. The molecule has 2 nitrogen and oxygen atoms in total. The number of benzene rings is 1. The van der Waals surface area contributed by atoms with Crippen molar-refractivity contribution in [2.45, 2.75) is 26.2 Å². The van der Waals surface area contributed by atoms with Gasteiger partial charge in [-0.2, -0.15) is 0 Å². The molecule has 0 saturated carbocycles. The number of ketones is 2. The van der Waals surface area contributed by atoms with Crippen LogP contribution in [0.1, 0.15) is 30.9 Å². The van der Waals surface area contributed by atoms with Crippen molar-refractivity contribution in [3.05, 3.63) is 48.0 Å². The van der Waals surface area contributed by atoms with Crippen molar-refractivity contribution in [3.8, 4) is 0 Å². The fraction of sp³-hybridized carbons (Fsp3) is 0.333. The van der Waals surface area contributed by atoms with Crippen molar-refractivity contribution in [2.75, 3.05) is 0 Å². The van der Waals surface area contributed by atoms with Gasteiger partial charge in [0.2, 0.25) is 0 Å². The minimum absolute atomic E-state index is 0.0638. The summed E-state index contributed by atoms with van der Waals surface area (Å²) in [5, 5.41) is 0. The summed E-state index contributed by atoms with van der Waals surface area (Å²) < 4.78 is 0. The van der Waals surface area contributed by atoms with Crippen LogP contribution in [0, 0.1) is 5.41 Å². The Bertz CT molecular complexity index is 485. The molecule has 88 valence electrons. The van der Waals surface area contributed by atoms with Crippen LogP contribution in [-0.4, -0.2) is 11.6 Å². The molecule has 0 radical (unpaired) electrons. The first-order valence-corrected chi connectivity index (χ1v) is 5.76. The average molecular weight is 228 g/mol.